The Morgan fingerprint density at radius 1 is 1.47 bits per heavy atom. The van der Waals surface area contributed by atoms with Crippen LogP contribution in [0.3, 0.4) is 0 Å². The third-order valence-corrected chi connectivity index (χ3v) is 5.50. The Balaban J connectivity index is 2.64. The first kappa shape index (κ1) is 14.5. The SMILES string of the molecule is CC(CC#N)N(C)C1CCCC(S(C)(=O)=O)C1. The van der Waals surface area contributed by atoms with Crippen molar-refractivity contribution in [3.8, 4) is 6.07 Å². The van der Waals surface area contributed by atoms with Crippen molar-refractivity contribution in [2.45, 2.75) is 56.4 Å². The molecule has 1 fully saturated rings. The van der Waals surface area contributed by atoms with Gasteiger partial charge < -0.3 is 0 Å². The molecule has 0 spiro atoms. The fourth-order valence-electron chi connectivity index (χ4n) is 2.52. The summed E-state index contributed by atoms with van der Waals surface area (Å²) in [7, 11) is -0.925. The maximum Gasteiger partial charge on any atom is 0.150 e. The van der Waals surface area contributed by atoms with Crippen LogP contribution >= 0.6 is 0 Å². The average molecular weight is 258 g/mol. The summed E-state index contributed by atoms with van der Waals surface area (Å²) in [6.07, 6.45) is 5.33. The predicted octanol–water partition coefficient (Wildman–Crippen LogP) is 1.58. The third-order valence-electron chi connectivity index (χ3n) is 3.86. The molecule has 0 N–H and O–H groups in total. The van der Waals surface area contributed by atoms with Gasteiger partial charge in [0.2, 0.25) is 0 Å². The second-order valence-corrected chi connectivity index (χ2v) is 7.47. The van der Waals surface area contributed by atoms with E-state index < -0.39 is 9.84 Å². The highest BCUT2D eigenvalue weighted by Crippen LogP contribution is 2.27. The Morgan fingerprint density at radius 3 is 2.65 bits per heavy atom. The molecular formula is C12H22N2O2S. The summed E-state index contributed by atoms with van der Waals surface area (Å²) in [5.41, 5.74) is 0. The molecule has 5 heteroatoms. The first-order chi connectivity index (χ1) is 7.86. The fourth-order valence-corrected chi connectivity index (χ4v) is 3.68. The highest BCUT2D eigenvalue weighted by molar-refractivity contribution is 7.91. The lowest BCUT2D eigenvalue weighted by molar-refractivity contribution is 0.149. The number of hydrogen-bond donors (Lipinski definition) is 0. The fraction of sp³-hybridized carbons (Fsp3) is 0.917. The van der Waals surface area contributed by atoms with E-state index in [4.69, 9.17) is 5.26 Å². The van der Waals surface area contributed by atoms with Gasteiger partial charge in [-0.05, 0) is 33.2 Å². The van der Waals surface area contributed by atoms with Crippen LogP contribution in [0, 0.1) is 11.3 Å². The summed E-state index contributed by atoms with van der Waals surface area (Å²) in [5, 5.41) is 8.50. The zero-order valence-corrected chi connectivity index (χ0v) is 11.7. The summed E-state index contributed by atoms with van der Waals surface area (Å²) in [6.45, 7) is 2.02. The van der Waals surface area contributed by atoms with Crippen molar-refractivity contribution in [1.82, 2.24) is 4.90 Å². The second kappa shape index (κ2) is 5.83. The van der Waals surface area contributed by atoms with E-state index in [-0.39, 0.29) is 11.3 Å². The van der Waals surface area contributed by atoms with Crippen molar-refractivity contribution in [2.24, 2.45) is 0 Å². The molecule has 0 aromatic carbocycles. The van der Waals surface area contributed by atoms with E-state index in [2.05, 4.69) is 11.0 Å². The summed E-state index contributed by atoms with van der Waals surface area (Å²) in [5.74, 6) is 0. The van der Waals surface area contributed by atoms with Crippen molar-refractivity contribution in [3.63, 3.8) is 0 Å². The predicted molar refractivity (Wildman–Crippen MR) is 68.3 cm³/mol. The summed E-state index contributed by atoms with van der Waals surface area (Å²) < 4.78 is 23.2. The van der Waals surface area contributed by atoms with E-state index in [1.165, 1.54) is 6.26 Å². The number of rotatable bonds is 4. The van der Waals surface area contributed by atoms with Crippen LogP contribution in [0.25, 0.3) is 0 Å². The van der Waals surface area contributed by atoms with Gasteiger partial charge in [0.25, 0.3) is 0 Å². The second-order valence-electron chi connectivity index (χ2n) is 5.15. The molecule has 0 amide bonds. The molecule has 1 aliphatic carbocycles. The molecule has 3 unspecified atom stereocenters. The topological polar surface area (TPSA) is 61.2 Å². The van der Waals surface area contributed by atoms with Gasteiger partial charge in [0.15, 0.2) is 0 Å². The van der Waals surface area contributed by atoms with Gasteiger partial charge in [-0.2, -0.15) is 5.26 Å². The molecule has 0 aromatic rings. The molecule has 1 rings (SSSR count). The van der Waals surface area contributed by atoms with Gasteiger partial charge in [-0.15, -0.1) is 0 Å². The van der Waals surface area contributed by atoms with Crippen molar-refractivity contribution in [2.75, 3.05) is 13.3 Å². The van der Waals surface area contributed by atoms with Crippen molar-refractivity contribution in [1.29, 1.82) is 5.26 Å². The Kier molecular flexibility index (Phi) is 4.96. The maximum absolute atomic E-state index is 11.6. The third kappa shape index (κ3) is 3.97. The molecule has 3 atom stereocenters. The van der Waals surface area contributed by atoms with Crippen LogP contribution in [0.2, 0.25) is 0 Å². The molecule has 0 heterocycles. The highest BCUT2D eigenvalue weighted by Gasteiger charge is 2.31. The van der Waals surface area contributed by atoms with E-state index in [0.29, 0.717) is 18.9 Å². The minimum Gasteiger partial charge on any atom is -0.300 e. The molecule has 0 aliphatic heterocycles. The Bertz CT molecular complexity index is 386. The van der Waals surface area contributed by atoms with Gasteiger partial charge in [-0.25, -0.2) is 8.42 Å². The van der Waals surface area contributed by atoms with Crippen molar-refractivity contribution in [3.05, 3.63) is 0 Å². The summed E-state index contributed by atoms with van der Waals surface area (Å²) >= 11 is 0. The van der Waals surface area contributed by atoms with Crippen LogP contribution in [-0.4, -0.2) is 44.0 Å². The molecular weight excluding hydrogens is 236 g/mol. The lowest BCUT2D eigenvalue weighted by Crippen LogP contribution is -2.43. The van der Waals surface area contributed by atoms with E-state index >= 15 is 0 Å². The first-order valence-corrected chi connectivity index (χ1v) is 8.09. The van der Waals surface area contributed by atoms with E-state index in [1.54, 1.807) is 0 Å². The quantitative estimate of drug-likeness (QED) is 0.768. The number of nitrogens with zero attached hydrogens (tertiary/aromatic N) is 2. The molecule has 1 aliphatic rings. The zero-order chi connectivity index (χ0) is 13.1. The minimum absolute atomic E-state index is 0.196. The van der Waals surface area contributed by atoms with Crippen LogP contribution in [0.15, 0.2) is 0 Å². The lowest BCUT2D eigenvalue weighted by Gasteiger charge is -2.37. The van der Waals surface area contributed by atoms with E-state index in [0.717, 1.165) is 19.3 Å². The van der Waals surface area contributed by atoms with Crippen LogP contribution < -0.4 is 0 Å². The monoisotopic (exact) mass is 258 g/mol. The zero-order valence-electron chi connectivity index (χ0n) is 10.9. The lowest BCUT2D eigenvalue weighted by atomic mass is 9.93. The Hall–Kier alpha value is -0.600. The van der Waals surface area contributed by atoms with Crippen molar-refractivity contribution >= 4 is 9.84 Å². The van der Waals surface area contributed by atoms with Gasteiger partial charge in [0, 0.05) is 18.3 Å². The molecule has 0 saturated heterocycles. The standard InChI is InChI=1S/C12H22N2O2S/c1-10(7-8-13)14(2)11-5-4-6-12(9-11)17(3,15)16/h10-12H,4-7,9H2,1-3H3. The largest absolute Gasteiger partial charge is 0.300 e. The number of sulfone groups is 1. The van der Waals surface area contributed by atoms with Crippen LogP contribution in [0.4, 0.5) is 0 Å². The Labute approximate surface area is 105 Å². The molecule has 0 bridgehead atoms. The van der Waals surface area contributed by atoms with E-state index in [1.807, 2.05) is 14.0 Å². The smallest absolute Gasteiger partial charge is 0.150 e. The summed E-state index contributed by atoms with van der Waals surface area (Å²) in [4.78, 5) is 2.17. The van der Waals surface area contributed by atoms with Gasteiger partial charge in [-0.3, -0.25) is 4.90 Å². The van der Waals surface area contributed by atoms with E-state index in [9.17, 15) is 8.42 Å². The molecule has 0 aromatic heterocycles. The van der Waals surface area contributed by atoms with Crippen LogP contribution in [0.1, 0.15) is 39.0 Å². The van der Waals surface area contributed by atoms with Gasteiger partial charge >= 0.3 is 0 Å². The number of nitriles is 1. The van der Waals surface area contributed by atoms with Crippen molar-refractivity contribution < 1.29 is 8.42 Å². The normalized spacial score (nSPS) is 27.7. The van der Waals surface area contributed by atoms with Crippen LogP contribution in [0.5, 0.6) is 0 Å². The molecule has 98 valence electrons. The van der Waals surface area contributed by atoms with Gasteiger partial charge in [0.1, 0.15) is 9.84 Å². The molecule has 0 radical (unpaired) electrons. The number of hydrogen-bond acceptors (Lipinski definition) is 4. The van der Waals surface area contributed by atoms with Gasteiger partial charge in [0.05, 0.1) is 17.7 Å². The Morgan fingerprint density at radius 2 is 2.12 bits per heavy atom. The molecule has 4 nitrogen and oxygen atoms in total. The first-order valence-electron chi connectivity index (χ1n) is 6.14. The highest BCUT2D eigenvalue weighted by atomic mass is 32.2. The van der Waals surface area contributed by atoms with Gasteiger partial charge in [-0.1, -0.05) is 6.42 Å². The van der Waals surface area contributed by atoms with Crippen LogP contribution in [-0.2, 0) is 9.84 Å². The summed E-state index contributed by atoms with van der Waals surface area (Å²) in [6, 6.07) is 2.66. The average Bonchev–Trinajstić information content (AvgIpc) is 2.27. The minimum atomic E-state index is -2.92. The molecule has 1 saturated carbocycles. The maximum atomic E-state index is 11.6. The molecule has 17 heavy (non-hydrogen) atoms.